The minimum absolute atomic E-state index is 0.0500. The van der Waals surface area contributed by atoms with Crippen LogP contribution < -0.4 is 0 Å². The molecule has 0 fully saturated rings. The summed E-state index contributed by atoms with van der Waals surface area (Å²) in [4.78, 5) is 3.47. The number of hydrogen-bond acceptors (Lipinski definition) is 2. The van der Waals surface area contributed by atoms with Crippen molar-refractivity contribution in [3.8, 4) is 6.07 Å². The summed E-state index contributed by atoms with van der Waals surface area (Å²) in [6.45, 7) is 0. The Kier molecular flexibility index (Phi) is 3.47. The lowest BCUT2D eigenvalue weighted by atomic mass is 10.2. The Morgan fingerprint density at radius 1 is 1.57 bits per heavy atom. The van der Waals surface area contributed by atoms with Gasteiger partial charge in [0.05, 0.1) is 11.3 Å². The Balaban J connectivity index is 3.33. The lowest BCUT2D eigenvalue weighted by Crippen LogP contribution is -2.01. The van der Waals surface area contributed by atoms with Crippen LogP contribution in [0.5, 0.6) is 0 Å². The van der Waals surface area contributed by atoms with Gasteiger partial charge in [-0.05, 0) is 6.07 Å². The number of aromatic nitrogens is 1. The molecule has 0 radical (unpaired) electrons. The first-order valence-electron chi connectivity index (χ1n) is 3.53. The Hall–Kier alpha value is -1.09. The summed E-state index contributed by atoms with van der Waals surface area (Å²) < 4.78 is 37.5. The third-order valence-electron chi connectivity index (χ3n) is 1.55. The predicted molar refractivity (Wildman–Crippen MR) is 46.5 cm³/mol. The molecule has 0 saturated carbocycles. The van der Waals surface area contributed by atoms with E-state index < -0.39 is 23.5 Å². The van der Waals surface area contributed by atoms with Crippen LogP contribution >= 0.6 is 15.9 Å². The molecule has 6 heteroatoms. The number of pyridine rings is 1. The zero-order valence-corrected chi connectivity index (χ0v) is 8.35. The van der Waals surface area contributed by atoms with Crippen LogP contribution in [0.25, 0.3) is 0 Å². The van der Waals surface area contributed by atoms with Gasteiger partial charge < -0.3 is 0 Å². The highest BCUT2D eigenvalue weighted by Gasteiger charge is 2.17. The Morgan fingerprint density at radius 2 is 2.21 bits per heavy atom. The summed E-state index contributed by atoms with van der Waals surface area (Å²) in [6, 6.07) is 2.15. The minimum atomic E-state index is -2.89. The molecule has 0 spiro atoms. The smallest absolute Gasteiger partial charge is 0.238 e. The van der Waals surface area contributed by atoms with E-state index in [-0.39, 0.29) is 11.0 Å². The van der Waals surface area contributed by atoms with Crippen molar-refractivity contribution in [1.82, 2.24) is 4.98 Å². The van der Waals surface area contributed by atoms with Crippen LogP contribution in [0.3, 0.4) is 0 Å². The van der Waals surface area contributed by atoms with Gasteiger partial charge in [-0.2, -0.15) is 5.26 Å². The number of alkyl halides is 3. The maximum absolute atomic E-state index is 13.0. The van der Waals surface area contributed by atoms with Crippen molar-refractivity contribution >= 4 is 15.9 Å². The Morgan fingerprint density at radius 3 is 2.64 bits per heavy atom. The molecule has 1 aromatic heterocycles. The van der Waals surface area contributed by atoms with Gasteiger partial charge in [-0.15, -0.1) is 0 Å². The maximum atomic E-state index is 13.0. The quantitative estimate of drug-likeness (QED) is 0.771. The van der Waals surface area contributed by atoms with E-state index in [1.807, 2.05) is 0 Å². The van der Waals surface area contributed by atoms with Gasteiger partial charge in [0, 0.05) is 5.33 Å². The van der Waals surface area contributed by atoms with Crippen molar-refractivity contribution in [2.75, 3.05) is 0 Å². The molecule has 0 aliphatic carbocycles. The van der Waals surface area contributed by atoms with Crippen molar-refractivity contribution in [2.45, 2.75) is 11.8 Å². The molecule has 0 saturated heterocycles. The summed E-state index contributed by atoms with van der Waals surface area (Å²) in [6.07, 6.45) is -2.89. The van der Waals surface area contributed by atoms with E-state index >= 15 is 0 Å². The first kappa shape index (κ1) is 11.0. The standard InChI is InChI=1S/C8H4BrF3N2/c9-2-6-5(10)1-4(8(11)12)7(3-13)14-6/h1,8H,2H2. The molecule has 0 bridgehead atoms. The van der Waals surface area contributed by atoms with Crippen LogP contribution in [0, 0.1) is 17.1 Å². The second-order valence-corrected chi connectivity index (χ2v) is 2.96. The monoisotopic (exact) mass is 264 g/mol. The van der Waals surface area contributed by atoms with Crippen LogP contribution in [0.4, 0.5) is 13.2 Å². The van der Waals surface area contributed by atoms with E-state index in [0.717, 1.165) is 0 Å². The van der Waals surface area contributed by atoms with Crippen LogP contribution in [-0.4, -0.2) is 4.98 Å². The molecule has 14 heavy (non-hydrogen) atoms. The number of rotatable bonds is 2. The Bertz CT molecular complexity index is 387. The molecule has 0 atom stereocenters. The molecule has 0 aliphatic rings. The summed E-state index contributed by atoms with van der Waals surface area (Å²) in [5.74, 6) is -0.837. The number of nitrogens with zero attached hydrogens (tertiary/aromatic N) is 2. The number of hydrogen-bond donors (Lipinski definition) is 0. The van der Waals surface area contributed by atoms with E-state index in [1.54, 1.807) is 0 Å². The highest BCUT2D eigenvalue weighted by Crippen LogP contribution is 2.23. The third-order valence-corrected chi connectivity index (χ3v) is 2.08. The third kappa shape index (κ3) is 2.04. The maximum Gasteiger partial charge on any atom is 0.266 e. The van der Waals surface area contributed by atoms with Gasteiger partial charge in [0.2, 0.25) is 0 Å². The van der Waals surface area contributed by atoms with E-state index in [0.29, 0.717) is 6.07 Å². The zero-order chi connectivity index (χ0) is 10.7. The molecule has 0 aliphatic heterocycles. The highest BCUT2D eigenvalue weighted by molar-refractivity contribution is 9.08. The number of halogens is 4. The lowest BCUT2D eigenvalue weighted by Gasteiger charge is -2.04. The summed E-state index contributed by atoms with van der Waals surface area (Å²) in [5.41, 5.74) is -1.16. The van der Waals surface area contributed by atoms with Gasteiger partial charge in [0.25, 0.3) is 6.43 Å². The molecule has 0 unspecified atom stereocenters. The van der Waals surface area contributed by atoms with Crippen molar-refractivity contribution in [2.24, 2.45) is 0 Å². The topological polar surface area (TPSA) is 36.7 Å². The normalized spacial score (nSPS) is 10.3. The first-order chi connectivity index (χ1) is 6.60. The fraction of sp³-hybridized carbons (Fsp3) is 0.250. The molecule has 1 heterocycles. The molecule has 1 aromatic rings. The van der Waals surface area contributed by atoms with E-state index in [2.05, 4.69) is 20.9 Å². The fourth-order valence-electron chi connectivity index (χ4n) is 0.891. The zero-order valence-electron chi connectivity index (χ0n) is 6.77. The molecule has 2 nitrogen and oxygen atoms in total. The molecule has 0 N–H and O–H groups in total. The summed E-state index contributed by atoms with van der Waals surface area (Å²) in [5, 5.41) is 8.57. The molecular formula is C8H4BrF3N2. The van der Waals surface area contributed by atoms with Crippen LogP contribution in [0.2, 0.25) is 0 Å². The van der Waals surface area contributed by atoms with Gasteiger partial charge in [0.1, 0.15) is 17.6 Å². The predicted octanol–water partition coefficient (Wildman–Crippen LogP) is 2.92. The summed E-state index contributed by atoms with van der Waals surface area (Å²) >= 11 is 2.93. The molecule has 74 valence electrons. The van der Waals surface area contributed by atoms with E-state index in [1.165, 1.54) is 6.07 Å². The average molecular weight is 265 g/mol. The van der Waals surface area contributed by atoms with Crippen LogP contribution in [0.15, 0.2) is 6.07 Å². The van der Waals surface area contributed by atoms with Crippen LogP contribution in [-0.2, 0) is 5.33 Å². The van der Waals surface area contributed by atoms with Gasteiger partial charge >= 0.3 is 0 Å². The second kappa shape index (κ2) is 4.42. The Labute approximate surface area is 86.5 Å². The van der Waals surface area contributed by atoms with Crippen molar-refractivity contribution in [1.29, 1.82) is 5.26 Å². The second-order valence-electron chi connectivity index (χ2n) is 2.40. The van der Waals surface area contributed by atoms with Crippen molar-refractivity contribution < 1.29 is 13.2 Å². The van der Waals surface area contributed by atoms with E-state index in [9.17, 15) is 13.2 Å². The molecule has 0 aromatic carbocycles. The number of nitriles is 1. The first-order valence-corrected chi connectivity index (χ1v) is 4.65. The van der Waals surface area contributed by atoms with Gasteiger partial charge in [-0.1, -0.05) is 15.9 Å². The molecule has 1 rings (SSSR count). The van der Waals surface area contributed by atoms with Gasteiger partial charge in [-0.3, -0.25) is 0 Å². The highest BCUT2D eigenvalue weighted by atomic mass is 79.9. The average Bonchev–Trinajstić information content (AvgIpc) is 2.17. The van der Waals surface area contributed by atoms with Gasteiger partial charge in [0.15, 0.2) is 0 Å². The van der Waals surface area contributed by atoms with E-state index in [4.69, 9.17) is 5.26 Å². The molecule has 0 amide bonds. The molecular weight excluding hydrogens is 261 g/mol. The van der Waals surface area contributed by atoms with Crippen LogP contribution in [0.1, 0.15) is 23.4 Å². The van der Waals surface area contributed by atoms with Crippen molar-refractivity contribution in [3.63, 3.8) is 0 Å². The summed E-state index contributed by atoms with van der Waals surface area (Å²) in [7, 11) is 0. The van der Waals surface area contributed by atoms with Gasteiger partial charge in [-0.25, -0.2) is 18.2 Å². The minimum Gasteiger partial charge on any atom is -0.238 e. The fourth-order valence-corrected chi connectivity index (χ4v) is 1.28. The lowest BCUT2D eigenvalue weighted by molar-refractivity contribution is 0.150. The largest absolute Gasteiger partial charge is 0.266 e. The van der Waals surface area contributed by atoms with Crippen molar-refractivity contribution in [3.05, 3.63) is 28.8 Å². The SMILES string of the molecule is N#Cc1nc(CBr)c(F)cc1C(F)F.